The molecule has 0 atom stereocenters. The molecule has 1 heterocycles. The molecule has 0 spiro atoms. The molecule has 140 valence electrons. The van der Waals surface area contributed by atoms with Gasteiger partial charge in [0.1, 0.15) is 0 Å². The van der Waals surface area contributed by atoms with Crippen molar-refractivity contribution in [3.05, 3.63) is 0 Å². The zero-order valence-corrected chi connectivity index (χ0v) is 15.9. The minimum absolute atomic E-state index is 0.0953. The lowest BCUT2D eigenvalue weighted by molar-refractivity contribution is 0.0488. The molecule has 1 aliphatic rings. The van der Waals surface area contributed by atoms with Gasteiger partial charge in [0, 0.05) is 45.3 Å². The Bertz CT molecular complexity index is 405. The fraction of sp³-hybridized carbons (Fsp3) is 0.882. The van der Waals surface area contributed by atoms with Crippen molar-refractivity contribution in [2.75, 3.05) is 39.3 Å². The Kier molecular flexibility index (Phi) is 8.31. The van der Waals surface area contributed by atoms with Crippen LogP contribution in [0.4, 0.5) is 9.59 Å². The van der Waals surface area contributed by atoms with Crippen LogP contribution in [-0.2, 0) is 9.47 Å². The number of hydrogen-bond donors (Lipinski definition) is 0. The Morgan fingerprint density at radius 2 is 1.46 bits per heavy atom. The van der Waals surface area contributed by atoms with Crippen molar-refractivity contribution in [1.82, 2.24) is 14.7 Å². The van der Waals surface area contributed by atoms with Gasteiger partial charge in [-0.2, -0.15) is 0 Å². The molecule has 0 aliphatic carbocycles. The molecule has 1 fully saturated rings. The summed E-state index contributed by atoms with van der Waals surface area (Å²) in [5.41, 5.74) is 0. The van der Waals surface area contributed by atoms with Crippen LogP contribution in [0.2, 0.25) is 0 Å². The average molecular weight is 343 g/mol. The largest absolute Gasteiger partial charge is 0.447 e. The number of carbonyl (C=O) groups is 2. The summed E-state index contributed by atoms with van der Waals surface area (Å²) < 4.78 is 10.5. The summed E-state index contributed by atoms with van der Waals surface area (Å²) in [4.78, 5) is 29.8. The predicted octanol–water partition coefficient (Wildman–Crippen LogP) is 2.40. The number of carbonyl (C=O) groups excluding carboxylic acids is 2. The van der Waals surface area contributed by atoms with Crippen molar-refractivity contribution >= 4 is 12.2 Å². The molecule has 0 aromatic heterocycles. The highest BCUT2D eigenvalue weighted by Gasteiger charge is 2.25. The highest BCUT2D eigenvalue weighted by molar-refractivity contribution is 5.68. The fourth-order valence-corrected chi connectivity index (χ4v) is 2.51. The van der Waals surface area contributed by atoms with Crippen LogP contribution < -0.4 is 0 Å². The molecule has 0 aromatic carbocycles. The van der Waals surface area contributed by atoms with Gasteiger partial charge in [-0.1, -0.05) is 0 Å². The second-order valence-corrected chi connectivity index (χ2v) is 6.98. The first kappa shape index (κ1) is 20.5. The zero-order valence-electron chi connectivity index (χ0n) is 15.9. The van der Waals surface area contributed by atoms with E-state index < -0.39 is 0 Å². The molecule has 0 N–H and O–H groups in total. The Morgan fingerprint density at radius 3 is 1.92 bits per heavy atom. The minimum atomic E-state index is -0.265. The number of amides is 2. The van der Waals surface area contributed by atoms with Gasteiger partial charge in [-0.3, -0.25) is 4.90 Å². The van der Waals surface area contributed by atoms with Gasteiger partial charge >= 0.3 is 12.2 Å². The molecule has 24 heavy (non-hydrogen) atoms. The van der Waals surface area contributed by atoms with E-state index >= 15 is 0 Å². The van der Waals surface area contributed by atoms with Gasteiger partial charge in [0.05, 0.1) is 12.2 Å². The maximum Gasteiger partial charge on any atom is 0.410 e. The Morgan fingerprint density at radius 1 is 0.917 bits per heavy atom. The third-order valence-electron chi connectivity index (χ3n) is 3.82. The quantitative estimate of drug-likeness (QED) is 0.741. The summed E-state index contributed by atoms with van der Waals surface area (Å²) >= 11 is 0. The van der Waals surface area contributed by atoms with Crippen molar-refractivity contribution in [3.8, 4) is 0 Å². The third kappa shape index (κ3) is 6.95. The third-order valence-corrected chi connectivity index (χ3v) is 3.82. The molecule has 7 heteroatoms. The van der Waals surface area contributed by atoms with Crippen LogP contribution in [0, 0.1) is 0 Å². The van der Waals surface area contributed by atoms with Crippen LogP contribution in [0.5, 0.6) is 0 Å². The molecule has 0 radical (unpaired) electrons. The van der Waals surface area contributed by atoms with E-state index in [4.69, 9.17) is 9.47 Å². The molecule has 0 unspecified atom stereocenters. The monoisotopic (exact) mass is 343 g/mol. The molecule has 0 bridgehead atoms. The average Bonchev–Trinajstić information content (AvgIpc) is 2.46. The maximum atomic E-state index is 12.1. The molecular formula is C17H33N3O4. The summed E-state index contributed by atoms with van der Waals surface area (Å²) in [5, 5.41) is 0. The van der Waals surface area contributed by atoms with Crippen LogP contribution in [0.15, 0.2) is 0 Å². The van der Waals surface area contributed by atoms with Crippen molar-refractivity contribution < 1.29 is 19.1 Å². The summed E-state index contributed by atoms with van der Waals surface area (Å²) in [7, 11) is 0. The first-order chi connectivity index (χ1) is 11.2. The van der Waals surface area contributed by atoms with Gasteiger partial charge in [-0.05, 0) is 41.5 Å². The van der Waals surface area contributed by atoms with E-state index in [9.17, 15) is 9.59 Å². The number of ether oxygens (including phenoxy) is 2. The summed E-state index contributed by atoms with van der Waals surface area (Å²) in [5.74, 6) is 0. The SMILES string of the molecule is CC(C)OC(=O)N1CCN(CCN(C(=O)OC(C)C)C(C)C)CC1. The smallest absolute Gasteiger partial charge is 0.410 e. The van der Waals surface area contributed by atoms with E-state index in [1.165, 1.54) is 0 Å². The molecule has 0 aromatic rings. The topological polar surface area (TPSA) is 62.3 Å². The van der Waals surface area contributed by atoms with Crippen molar-refractivity contribution in [2.45, 2.75) is 59.8 Å². The maximum absolute atomic E-state index is 12.1. The molecule has 0 saturated carbocycles. The molecule has 1 saturated heterocycles. The van der Waals surface area contributed by atoms with E-state index in [-0.39, 0.29) is 30.4 Å². The molecule has 7 nitrogen and oxygen atoms in total. The lowest BCUT2D eigenvalue weighted by atomic mass is 10.3. The van der Waals surface area contributed by atoms with E-state index in [1.807, 2.05) is 41.5 Å². The second-order valence-electron chi connectivity index (χ2n) is 6.98. The first-order valence-corrected chi connectivity index (χ1v) is 8.85. The second kappa shape index (κ2) is 9.71. The highest BCUT2D eigenvalue weighted by atomic mass is 16.6. The van der Waals surface area contributed by atoms with Gasteiger partial charge in [0.25, 0.3) is 0 Å². The Balaban J connectivity index is 2.40. The van der Waals surface area contributed by atoms with E-state index in [1.54, 1.807) is 9.80 Å². The van der Waals surface area contributed by atoms with E-state index in [2.05, 4.69) is 4.90 Å². The van der Waals surface area contributed by atoms with Crippen molar-refractivity contribution in [3.63, 3.8) is 0 Å². The number of hydrogen-bond acceptors (Lipinski definition) is 5. The van der Waals surface area contributed by atoms with E-state index in [0.717, 1.165) is 19.6 Å². The molecule has 1 rings (SSSR count). The highest BCUT2D eigenvalue weighted by Crippen LogP contribution is 2.08. The zero-order chi connectivity index (χ0) is 18.3. The van der Waals surface area contributed by atoms with Crippen molar-refractivity contribution in [1.29, 1.82) is 0 Å². The Hall–Kier alpha value is -1.50. The summed E-state index contributed by atoms with van der Waals surface area (Å²) in [6.45, 7) is 15.7. The van der Waals surface area contributed by atoms with Gasteiger partial charge in [0.2, 0.25) is 0 Å². The van der Waals surface area contributed by atoms with Crippen LogP contribution in [-0.4, -0.2) is 84.4 Å². The van der Waals surface area contributed by atoms with Gasteiger partial charge in [-0.15, -0.1) is 0 Å². The molecular weight excluding hydrogens is 310 g/mol. The summed E-state index contributed by atoms with van der Waals surface area (Å²) in [6, 6.07) is 0.0959. The van der Waals surface area contributed by atoms with Crippen LogP contribution in [0.1, 0.15) is 41.5 Å². The van der Waals surface area contributed by atoms with Gasteiger partial charge in [-0.25, -0.2) is 9.59 Å². The fourth-order valence-electron chi connectivity index (χ4n) is 2.51. The predicted molar refractivity (Wildman–Crippen MR) is 93.1 cm³/mol. The standard InChI is InChI=1S/C17H33N3O4/c1-13(2)20(17(22)24-15(5)6)12-9-18-7-10-19(11-8-18)16(21)23-14(3)4/h13-15H,7-12H2,1-6H3. The first-order valence-electron chi connectivity index (χ1n) is 8.85. The van der Waals surface area contributed by atoms with E-state index in [0.29, 0.717) is 19.6 Å². The lowest BCUT2D eigenvalue weighted by Gasteiger charge is -2.36. The van der Waals surface area contributed by atoms with Crippen LogP contribution in [0.25, 0.3) is 0 Å². The normalized spacial score (nSPS) is 16.0. The number of rotatable bonds is 6. The number of piperazine rings is 1. The molecule has 2 amide bonds. The summed E-state index contributed by atoms with van der Waals surface area (Å²) in [6.07, 6.45) is -0.718. The van der Waals surface area contributed by atoms with Crippen LogP contribution >= 0.6 is 0 Å². The Labute approximate surface area is 145 Å². The van der Waals surface area contributed by atoms with Gasteiger partial charge < -0.3 is 19.3 Å². The lowest BCUT2D eigenvalue weighted by Crippen LogP contribution is -2.51. The number of nitrogens with zero attached hydrogens (tertiary/aromatic N) is 3. The van der Waals surface area contributed by atoms with Crippen molar-refractivity contribution in [2.24, 2.45) is 0 Å². The van der Waals surface area contributed by atoms with Crippen LogP contribution in [0.3, 0.4) is 0 Å². The van der Waals surface area contributed by atoms with Gasteiger partial charge in [0.15, 0.2) is 0 Å². The molecule has 1 aliphatic heterocycles. The minimum Gasteiger partial charge on any atom is -0.447 e.